The molecule has 2 N–H and O–H groups in total. The van der Waals surface area contributed by atoms with Crippen molar-refractivity contribution in [1.82, 2.24) is 9.88 Å². The van der Waals surface area contributed by atoms with E-state index in [9.17, 15) is 19.2 Å². The van der Waals surface area contributed by atoms with Crippen molar-refractivity contribution in [2.24, 2.45) is 0 Å². The fourth-order valence-electron chi connectivity index (χ4n) is 2.35. The van der Waals surface area contributed by atoms with E-state index in [0.29, 0.717) is 5.69 Å². The van der Waals surface area contributed by atoms with Crippen molar-refractivity contribution in [3.63, 3.8) is 0 Å². The van der Waals surface area contributed by atoms with Gasteiger partial charge in [0.25, 0.3) is 11.1 Å². The quantitative estimate of drug-likeness (QED) is 0.694. The first-order chi connectivity index (χ1) is 13.3. The Balaban J connectivity index is 1.63. The number of carbonyl (C=O) groups is 4. The number of rotatable bonds is 6. The summed E-state index contributed by atoms with van der Waals surface area (Å²) in [5.74, 6) is -2.15. The highest BCUT2D eigenvalue weighted by Crippen LogP contribution is 2.32. The number of carbonyl (C=O) groups excluding carboxylic acids is 3. The Hall–Kier alpha value is -2.98. The lowest BCUT2D eigenvalue weighted by molar-refractivity contribution is -0.136. The van der Waals surface area contributed by atoms with Crippen LogP contribution in [0.25, 0.3) is 6.08 Å². The second-order valence-corrected chi connectivity index (χ2v) is 7.79. The lowest BCUT2D eigenvalue weighted by Crippen LogP contribution is -2.36. The molecule has 1 aliphatic rings. The van der Waals surface area contributed by atoms with Gasteiger partial charge in [-0.3, -0.25) is 24.1 Å². The van der Waals surface area contributed by atoms with E-state index in [1.54, 1.807) is 6.08 Å². The molecule has 1 aromatic carbocycles. The van der Waals surface area contributed by atoms with Crippen molar-refractivity contribution in [2.45, 2.75) is 13.3 Å². The average Bonchev–Trinajstić information content (AvgIpc) is 3.15. The van der Waals surface area contributed by atoms with Gasteiger partial charge in [0.2, 0.25) is 5.91 Å². The van der Waals surface area contributed by atoms with Crippen molar-refractivity contribution in [3.05, 3.63) is 51.4 Å². The first-order valence-electron chi connectivity index (χ1n) is 8.10. The molecule has 3 rings (SSSR count). The number of aliphatic carboxylic acids is 1. The van der Waals surface area contributed by atoms with Crippen LogP contribution in [-0.4, -0.2) is 44.6 Å². The lowest BCUT2D eigenvalue weighted by Gasteiger charge is -2.11. The number of imide groups is 1. The van der Waals surface area contributed by atoms with Gasteiger partial charge in [-0.05, 0) is 30.3 Å². The maximum absolute atomic E-state index is 12.5. The van der Waals surface area contributed by atoms with E-state index in [2.05, 4.69) is 10.3 Å². The monoisotopic (exact) mass is 417 g/mol. The Labute approximate surface area is 168 Å². The molecular formula is C18H15N3O5S2. The van der Waals surface area contributed by atoms with Crippen LogP contribution in [0.3, 0.4) is 0 Å². The van der Waals surface area contributed by atoms with Crippen LogP contribution >= 0.6 is 23.1 Å². The minimum absolute atomic E-state index is 0.211. The smallest absolute Gasteiger partial charge is 0.309 e. The van der Waals surface area contributed by atoms with Crippen LogP contribution in [0.2, 0.25) is 0 Å². The molecule has 28 heavy (non-hydrogen) atoms. The molecule has 1 aliphatic heterocycles. The summed E-state index contributed by atoms with van der Waals surface area (Å²) in [6.07, 6.45) is 1.36. The van der Waals surface area contributed by atoms with Crippen LogP contribution in [0.4, 0.5) is 9.93 Å². The number of nitrogens with zero attached hydrogens (tertiary/aromatic N) is 2. The highest BCUT2D eigenvalue weighted by molar-refractivity contribution is 8.18. The van der Waals surface area contributed by atoms with Gasteiger partial charge < -0.3 is 10.4 Å². The summed E-state index contributed by atoms with van der Waals surface area (Å²) >= 11 is 1.85. The van der Waals surface area contributed by atoms with Crippen LogP contribution in [0, 0.1) is 6.92 Å². The molecule has 2 aromatic rings. The molecule has 0 radical (unpaired) electrons. The number of hydrogen-bond acceptors (Lipinski definition) is 7. The SMILES string of the molecule is Cc1ccc(/C=C2\SC(=O)N(CC(=O)Nc3nc(CC(=O)O)cs3)C2=O)cc1. The first kappa shape index (κ1) is 19.8. The second kappa shape index (κ2) is 8.36. The predicted molar refractivity (Wildman–Crippen MR) is 106 cm³/mol. The molecule has 0 unspecified atom stereocenters. The van der Waals surface area contributed by atoms with E-state index >= 15 is 0 Å². The van der Waals surface area contributed by atoms with Crippen molar-refractivity contribution in [1.29, 1.82) is 0 Å². The number of aromatic nitrogens is 1. The van der Waals surface area contributed by atoms with E-state index in [4.69, 9.17) is 5.11 Å². The third-order valence-corrected chi connectivity index (χ3v) is 5.39. The standard InChI is InChI=1S/C18H15N3O5S2/c1-10-2-4-11(5-3-10)6-13-16(25)21(18(26)28-13)8-14(22)20-17-19-12(9-27-17)7-15(23)24/h2-6,9H,7-8H2,1H3,(H,23,24)(H,19,20,22)/b13-6-. The van der Waals surface area contributed by atoms with Gasteiger partial charge in [0.05, 0.1) is 17.0 Å². The summed E-state index contributed by atoms with van der Waals surface area (Å²) in [6.45, 7) is 1.51. The van der Waals surface area contributed by atoms with Gasteiger partial charge in [-0.1, -0.05) is 29.8 Å². The van der Waals surface area contributed by atoms with Gasteiger partial charge in [-0.25, -0.2) is 4.98 Å². The van der Waals surface area contributed by atoms with Crippen molar-refractivity contribution >= 4 is 57.3 Å². The zero-order valence-electron chi connectivity index (χ0n) is 14.7. The molecule has 0 aliphatic carbocycles. The van der Waals surface area contributed by atoms with Crippen molar-refractivity contribution in [3.8, 4) is 0 Å². The maximum Gasteiger partial charge on any atom is 0.309 e. The molecule has 8 nitrogen and oxygen atoms in total. The third-order valence-electron chi connectivity index (χ3n) is 3.68. The second-order valence-electron chi connectivity index (χ2n) is 5.94. The first-order valence-corrected chi connectivity index (χ1v) is 9.79. The normalized spacial score (nSPS) is 15.3. The maximum atomic E-state index is 12.5. The van der Waals surface area contributed by atoms with Gasteiger partial charge in [0.1, 0.15) is 6.54 Å². The van der Waals surface area contributed by atoms with Crippen LogP contribution in [-0.2, 0) is 20.8 Å². The highest BCUT2D eigenvalue weighted by atomic mass is 32.2. The molecule has 3 amide bonds. The largest absolute Gasteiger partial charge is 0.481 e. The van der Waals surface area contributed by atoms with Gasteiger partial charge in [-0.2, -0.15) is 0 Å². The molecule has 0 spiro atoms. The Morgan fingerprint density at radius 2 is 1.96 bits per heavy atom. The molecular weight excluding hydrogens is 402 g/mol. The van der Waals surface area contributed by atoms with E-state index in [1.807, 2.05) is 31.2 Å². The summed E-state index contributed by atoms with van der Waals surface area (Å²) in [7, 11) is 0. The van der Waals surface area contributed by atoms with Crippen LogP contribution in [0.15, 0.2) is 34.6 Å². The van der Waals surface area contributed by atoms with Crippen molar-refractivity contribution < 1.29 is 24.3 Å². The fraction of sp³-hybridized carbons (Fsp3) is 0.167. The van der Waals surface area contributed by atoms with Gasteiger partial charge in [0, 0.05) is 5.38 Å². The summed E-state index contributed by atoms with van der Waals surface area (Å²) < 4.78 is 0. The number of carboxylic acid groups (broad SMARTS) is 1. The van der Waals surface area contributed by atoms with Gasteiger partial charge in [0.15, 0.2) is 5.13 Å². The molecule has 2 heterocycles. The highest BCUT2D eigenvalue weighted by Gasteiger charge is 2.36. The molecule has 0 saturated carbocycles. The van der Waals surface area contributed by atoms with Crippen LogP contribution < -0.4 is 5.32 Å². The van der Waals surface area contributed by atoms with Crippen LogP contribution in [0.1, 0.15) is 16.8 Å². The number of carboxylic acids is 1. The number of benzene rings is 1. The van der Waals surface area contributed by atoms with E-state index in [0.717, 1.165) is 39.1 Å². The number of aryl methyl sites for hydroxylation is 1. The Morgan fingerprint density at radius 1 is 1.25 bits per heavy atom. The number of thioether (sulfide) groups is 1. The Kier molecular flexibility index (Phi) is 5.90. The van der Waals surface area contributed by atoms with E-state index in [-0.39, 0.29) is 16.5 Å². The molecule has 0 bridgehead atoms. The number of anilines is 1. The summed E-state index contributed by atoms with van der Waals surface area (Å²) in [6, 6.07) is 7.48. The fourth-order valence-corrected chi connectivity index (χ4v) is 3.92. The Morgan fingerprint density at radius 3 is 2.64 bits per heavy atom. The van der Waals surface area contributed by atoms with E-state index < -0.39 is 29.6 Å². The van der Waals surface area contributed by atoms with Gasteiger partial charge >= 0.3 is 5.97 Å². The lowest BCUT2D eigenvalue weighted by atomic mass is 10.1. The molecule has 10 heteroatoms. The Bertz CT molecular complexity index is 981. The third kappa shape index (κ3) is 4.84. The number of nitrogens with one attached hydrogen (secondary N) is 1. The molecule has 144 valence electrons. The summed E-state index contributed by atoms with van der Waals surface area (Å²) in [5.41, 5.74) is 2.19. The number of hydrogen-bond donors (Lipinski definition) is 2. The topological polar surface area (TPSA) is 117 Å². The number of thiazole rings is 1. The molecule has 0 atom stereocenters. The molecule has 1 saturated heterocycles. The minimum Gasteiger partial charge on any atom is -0.481 e. The van der Waals surface area contributed by atoms with Gasteiger partial charge in [-0.15, -0.1) is 11.3 Å². The number of amides is 3. The minimum atomic E-state index is -1.03. The molecule has 1 fully saturated rings. The predicted octanol–water partition coefficient (Wildman–Crippen LogP) is 2.75. The van der Waals surface area contributed by atoms with E-state index in [1.165, 1.54) is 5.38 Å². The molecule has 1 aromatic heterocycles. The average molecular weight is 417 g/mol. The summed E-state index contributed by atoms with van der Waals surface area (Å²) in [4.78, 5) is 52.5. The van der Waals surface area contributed by atoms with Crippen molar-refractivity contribution in [2.75, 3.05) is 11.9 Å². The summed E-state index contributed by atoms with van der Waals surface area (Å²) in [5, 5.41) is 12.4. The zero-order valence-corrected chi connectivity index (χ0v) is 16.3. The zero-order chi connectivity index (χ0) is 20.3. The van der Waals surface area contributed by atoms with Crippen LogP contribution in [0.5, 0.6) is 0 Å².